The molecular weight excluding hydrogens is 402 g/mol. The molecule has 0 fully saturated rings. The Labute approximate surface area is 188 Å². The van der Waals surface area contributed by atoms with Gasteiger partial charge >= 0.3 is 0 Å². The third-order valence-electron chi connectivity index (χ3n) is 5.25. The number of benzene rings is 3. The Kier molecular flexibility index (Phi) is 5.94. The number of amidine groups is 1. The third kappa shape index (κ3) is 4.07. The summed E-state index contributed by atoms with van der Waals surface area (Å²) in [4.78, 5) is 21.9. The highest BCUT2D eigenvalue weighted by atomic mass is 16.5. The largest absolute Gasteiger partial charge is 0.497 e. The van der Waals surface area contributed by atoms with Gasteiger partial charge in [0.1, 0.15) is 17.2 Å². The molecule has 32 heavy (non-hydrogen) atoms. The van der Waals surface area contributed by atoms with Gasteiger partial charge < -0.3 is 14.4 Å². The summed E-state index contributed by atoms with van der Waals surface area (Å²) in [6.45, 7) is 0. The zero-order valence-electron chi connectivity index (χ0n) is 18.6. The fraction of sp³-hybridized carbons (Fsp3) is 0.154. The van der Waals surface area contributed by atoms with E-state index in [2.05, 4.69) is 0 Å². The van der Waals surface area contributed by atoms with E-state index in [0.29, 0.717) is 28.7 Å². The maximum absolute atomic E-state index is 13.5. The minimum Gasteiger partial charge on any atom is -0.497 e. The van der Waals surface area contributed by atoms with E-state index in [1.54, 1.807) is 25.2 Å². The van der Waals surface area contributed by atoms with Gasteiger partial charge in [-0.15, -0.1) is 0 Å². The zero-order valence-corrected chi connectivity index (χ0v) is 18.6. The van der Waals surface area contributed by atoms with Crippen molar-refractivity contribution >= 4 is 29.2 Å². The predicted molar refractivity (Wildman–Crippen MR) is 129 cm³/mol. The second-order valence-corrected chi connectivity index (χ2v) is 7.49. The highest BCUT2D eigenvalue weighted by Crippen LogP contribution is 2.32. The van der Waals surface area contributed by atoms with E-state index in [9.17, 15) is 4.79 Å². The molecule has 0 unspecified atom stereocenters. The average molecular weight is 428 g/mol. The molecule has 0 saturated heterocycles. The van der Waals surface area contributed by atoms with Crippen molar-refractivity contribution in [3.63, 3.8) is 0 Å². The summed E-state index contributed by atoms with van der Waals surface area (Å²) in [6, 6.07) is 22.9. The van der Waals surface area contributed by atoms with E-state index >= 15 is 0 Å². The average Bonchev–Trinajstić information content (AvgIpc) is 3.15. The Balaban J connectivity index is 1.80. The first-order chi connectivity index (χ1) is 15.5. The number of rotatable bonds is 6. The third-order valence-corrected chi connectivity index (χ3v) is 5.25. The normalized spacial score (nSPS) is 14.5. The topological polar surface area (TPSA) is 54.4 Å². The molecule has 162 valence electrons. The van der Waals surface area contributed by atoms with Gasteiger partial charge in [-0.05, 0) is 60.2 Å². The van der Waals surface area contributed by atoms with Crippen LogP contribution in [0.15, 0.2) is 83.5 Å². The minimum atomic E-state index is -0.201. The minimum absolute atomic E-state index is 0.201. The first-order valence-electron chi connectivity index (χ1n) is 10.2. The van der Waals surface area contributed by atoms with Crippen molar-refractivity contribution in [1.82, 2.24) is 0 Å². The summed E-state index contributed by atoms with van der Waals surface area (Å²) in [5.41, 5.74) is 3.79. The van der Waals surface area contributed by atoms with Gasteiger partial charge in [-0.1, -0.05) is 24.3 Å². The van der Waals surface area contributed by atoms with E-state index in [0.717, 1.165) is 16.8 Å². The standard InChI is InChI=1S/C26H25N3O3/c1-28(2)19-11-9-18(10-12-19)17-23-26(30)29(20-13-15-21(31-3)16-14-20)25(27-23)22-7-5-6-8-24(22)32-4/h5-17H,1-4H3/b23-17+. The first-order valence-corrected chi connectivity index (χ1v) is 10.2. The number of anilines is 2. The number of amides is 1. The fourth-order valence-corrected chi connectivity index (χ4v) is 3.52. The number of carbonyl (C=O) groups excluding carboxylic acids is 1. The fourth-order valence-electron chi connectivity index (χ4n) is 3.52. The van der Waals surface area contributed by atoms with E-state index in [1.165, 1.54) is 0 Å². The van der Waals surface area contributed by atoms with Gasteiger partial charge in [-0.25, -0.2) is 4.99 Å². The molecule has 6 heteroatoms. The van der Waals surface area contributed by atoms with Crippen LogP contribution >= 0.6 is 0 Å². The quantitative estimate of drug-likeness (QED) is 0.540. The Morgan fingerprint density at radius 3 is 2.19 bits per heavy atom. The van der Waals surface area contributed by atoms with Crippen LogP contribution in [-0.4, -0.2) is 40.1 Å². The van der Waals surface area contributed by atoms with Crippen LogP contribution in [0.3, 0.4) is 0 Å². The molecule has 6 nitrogen and oxygen atoms in total. The molecule has 0 saturated carbocycles. The number of ether oxygens (including phenoxy) is 2. The van der Waals surface area contributed by atoms with Crippen LogP contribution in [0.2, 0.25) is 0 Å². The lowest BCUT2D eigenvalue weighted by atomic mass is 10.1. The number of methoxy groups -OCH3 is 2. The zero-order chi connectivity index (χ0) is 22.7. The molecular formula is C26H25N3O3. The second kappa shape index (κ2) is 8.98. The van der Waals surface area contributed by atoms with E-state index in [1.807, 2.05) is 91.8 Å². The number of hydrogen-bond donors (Lipinski definition) is 0. The SMILES string of the molecule is COc1ccc(N2C(=O)/C(=C\c3ccc(N(C)C)cc3)N=C2c2ccccc2OC)cc1. The Bertz CT molecular complexity index is 1180. The summed E-state index contributed by atoms with van der Waals surface area (Å²) in [5, 5.41) is 0. The molecule has 1 amide bonds. The smallest absolute Gasteiger partial charge is 0.282 e. The van der Waals surface area contributed by atoms with Gasteiger partial charge in [-0.2, -0.15) is 0 Å². The molecule has 1 heterocycles. The maximum atomic E-state index is 13.5. The van der Waals surface area contributed by atoms with Gasteiger partial charge in [0.2, 0.25) is 0 Å². The summed E-state index contributed by atoms with van der Waals surface area (Å²) in [7, 11) is 7.20. The molecule has 0 radical (unpaired) electrons. The first kappa shape index (κ1) is 21.2. The lowest BCUT2D eigenvalue weighted by Crippen LogP contribution is -2.32. The lowest BCUT2D eigenvalue weighted by Gasteiger charge is -2.20. The van der Waals surface area contributed by atoms with E-state index in [4.69, 9.17) is 14.5 Å². The number of carbonyl (C=O) groups is 1. The van der Waals surface area contributed by atoms with Gasteiger partial charge in [0.25, 0.3) is 5.91 Å². The van der Waals surface area contributed by atoms with Crippen molar-refractivity contribution in [2.24, 2.45) is 4.99 Å². The van der Waals surface area contributed by atoms with Crippen LogP contribution in [0.5, 0.6) is 11.5 Å². The Morgan fingerprint density at radius 1 is 0.875 bits per heavy atom. The molecule has 0 aromatic heterocycles. The monoisotopic (exact) mass is 427 g/mol. The van der Waals surface area contributed by atoms with Crippen LogP contribution < -0.4 is 19.3 Å². The van der Waals surface area contributed by atoms with Crippen molar-refractivity contribution in [2.75, 3.05) is 38.1 Å². The molecule has 0 aliphatic carbocycles. The molecule has 0 N–H and O–H groups in total. The molecule has 3 aromatic carbocycles. The summed E-state index contributed by atoms with van der Waals surface area (Å²) < 4.78 is 10.8. The second-order valence-electron chi connectivity index (χ2n) is 7.49. The van der Waals surface area contributed by atoms with Gasteiger partial charge in [0.15, 0.2) is 5.84 Å². The molecule has 0 spiro atoms. The van der Waals surface area contributed by atoms with Crippen LogP contribution in [-0.2, 0) is 4.79 Å². The molecule has 0 bridgehead atoms. The van der Waals surface area contributed by atoms with Crippen molar-refractivity contribution in [1.29, 1.82) is 0 Å². The summed E-state index contributed by atoms with van der Waals surface area (Å²) in [5.74, 6) is 1.68. The molecule has 0 atom stereocenters. The highest BCUT2D eigenvalue weighted by Gasteiger charge is 2.33. The predicted octanol–water partition coefficient (Wildman–Crippen LogP) is 4.60. The van der Waals surface area contributed by atoms with Crippen molar-refractivity contribution < 1.29 is 14.3 Å². The number of para-hydroxylation sites is 1. The van der Waals surface area contributed by atoms with Crippen LogP contribution in [0.25, 0.3) is 6.08 Å². The molecule has 4 rings (SSSR count). The van der Waals surface area contributed by atoms with Gasteiger partial charge in [0.05, 0.1) is 25.5 Å². The van der Waals surface area contributed by atoms with Crippen molar-refractivity contribution in [2.45, 2.75) is 0 Å². The number of nitrogens with zero attached hydrogens (tertiary/aromatic N) is 3. The van der Waals surface area contributed by atoms with Gasteiger partial charge in [-0.3, -0.25) is 9.69 Å². The molecule has 1 aliphatic rings. The highest BCUT2D eigenvalue weighted by molar-refractivity contribution is 6.33. The van der Waals surface area contributed by atoms with E-state index in [-0.39, 0.29) is 5.91 Å². The van der Waals surface area contributed by atoms with E-state index < -0.39 is 0 Å². The maximum Gasteiger partial charge on any atom is 0.282 e. The summed E-state index contributed by atoms with van der Waals surface area (Å²) >= 11 is 0. The van der Waals surface area contributed by atoms with Crippen molar-refractivity contribution in [3.8, 4) is 11.5 Å². The molecule has 3 aromatic rings. The van der Waals surface area contributed by atoms with Crippen molar-refractivity contribution in [3.05, 3.63) is 89.6 Å². The molecule has 1 aliphatic heterocycles. The van der Waals surface area contributed by atoms with Crippen LogP contribution in [0.4, 0.5) is 11.4 Å². The van der Waals surface area contributed by atoms with Crippen LogP contribution in [0.1, 0.15) is 11.1 Å². The number of aliphatic imine (C=N–C) groups is 1. The number of hydrogen-bond acceptors (Lipinski definition) is 5. The van der Waals surface area contributed by atoms with Crippen LogP contribution in [0, 0.1) is 0 Å². The van der Waals surface area contributed by atoms with Gasteiger partial charge in [0, 0.05) is 19.8 Å². The Morgan fingerprint density at radius 2 is 1.56 bits per heavy atom. The summed E-state index contributed by atoms with van der Waals surface area (Å²) in [6.07, 6.45) is 1.81. The lowest BCUT2D eigenvalue weighted by molar-refractivity contribution is -0.113. The Hall–Kier alpha value is -4.06.